The van der Waals surface area contributed by atoms with Crippen molar-refractivity contribution >= 4 is 21.8 Å². The Morgan fingerprint density at radius 3 is 2.45 bits per heavy atom. The molecule has 2 aromatic rings. The molecule has 0 unspecified atom stereocenters. The van der Waals surface area contributed by atoms with E-state index in [1.807, 2.05) is 0 Å². The summed E-state index contributed by atoms with van der Waals surface area (Å²) in [5, 5.41) is 5.40. The van der Waals surface area contributed by atoms with Crippen LogP contribution in [0.5, 0.6) is 0 Å². The van der Waals surface area contributed by atoms with Gasteiger partial charge in [-0.3, -0.25) is 14.6 Å². The molecule has 1 aromatic carbocycles. The number of rotatable bonds is 9. The van der Waals surface area contributed by atoms with Crippen molar-refractivity contribution in [1.82, 2.24) is 19.9 Å². The Morgan fingerprint density at radius 2 is 1.79 bits per heavy atom. The molecule has 8 nitrogen and oxygen atoms in total. The first-order valence-corrected chi connectivity index (χ1v) is 10.7. The highest BCUT2D eigenvalue weighted by Crippen LogP contribution is 2.17. The van der Waals surface area contributed by atoms with Crippen LogP contribution in [-0.4, -0.2) is 49.2 Å². The van der Waals surface area contributed by atoms with Crippen molar-refractivity contribution in [3.05, 3.63) is 59.9 Å². The molecule has 0 bridgehead atoms. The number of sulfonamides is 1. The average molecular weight is 419 g/mol. The molecule has 0 aliphatic rings. The number of nitrogens with one attached hydrogen (secondary N) is 2. The van der Waals surface area contributed by atoms with Crippen molar-refractivity contribution < 1.29 is 18.0 Å². The second-order valence-corrected chi connectivity index (χ2v) is 8.78. The number of aromatic nitrogens is 1. The van der Waals surface area contributed by atoms with Gasteiger partial charge in [0.05, 0.1) is 4.90 Å². The Kier molecular flexibility index (Phi) is 7.86. The lowest BCUT2D eigenvalue weighted by atomic mass is 10.2. The minimum Gasteiger partial charge on any atom is -0.352 e. The molecule has 1 aromatic heterocycles. The summed E-state index contributed by atoms with van der Waals surface area (Å²) < 4.78 is 26.4. The maximum atomic E-state index is 12.6. The second-order valence-electron chi connectivity index (χ2n) is 6.78. The molecule has 2 rings (SSSR count). The molecule has 0 atom stereocenters. The fourth-order valence-corrected chi connectivity index (χ4v) is 3.84. The normalized spacial score (nSPS) is 11.5. The van der Waals surface area contributed by atoms with Crippen LogP contribution in [-0.2, 0) is 21.4 Å². The average Bonchev–Trinajstić information content (AvgIpc) is 2.72. The standard InChI is InChI=1S/C20H26N4O4S/c1-15(2)24(3)29(27,28)18-6-4-5-17(13-18)20(26)22-12-9-19(25)23-14-16-7-10-21-11-8-16/h4-8,10-11,13,15H,9,12,14H2,1-3H3,(H,22,26)(H,23,25). The van der Waals surface area contributed by atoms with Crippen LogP contribution >= 0.6 is 0 Å². The van der Waals surface area contributed by atoms with Crippen molar-refractivity contribution in [3.63, 3.8) is 0 Å². The van der Waals surface area contributed by atoms with Crippen LogP contribution in [0.4, 0.5) is 0 Å². The number of hydrogen-bond acceptors (Lipinski definition) is 5. The van der Waals surface area contributed by atoms with E-state index in [9.17, 15) is 18.0 Å². The molecular weight excluding hydrogens is 392 g/mol. The molecule has 2 N–H and O–H groups in total. The maximum Gasteiger partial charge on any atom is 0.251 e. The van der Waals surface area contributed by atoms with Gasteiger partial charge >= 0.3 is 0 Å². The Hall–Kier alpha value is -2.78. The third-order valence-corrected chi connectivity index (χ3v) is 6.41. The zero-order chi connectivity index (χ0) is 21.4. The topological polar surface area (TPSA) is 108 Å². The van der Waals surface area contributed by atoms with E-state index in [2.05, 4.69) is 15.6 Å². The summed E-state index contributed by atoms with van der Waals surface area (Å²) in [7, 11) is -2.18. The Morgan fingerprint density at radius 1 is 1.10 bits per heavy atom. The molecule has 0 radical (unpaired) electrons. The van der Waals surface area contributed by atoms with Crippen LogP contribution < -0.4 is 10.6 Å². The number of carbonyl (C=O) groups excluding carboxylic acids is 2. The monoisotopic (exact) mass is 418 g/mol. The highest BCUT2D eigenvalue weighted by Gasteiger charge is 2.23. The van der Waals surface area contributed by atoms with E-state index in [0.29, 0.717) is 6.54 Å². The highest BCUT2D eigenvalue weighted by atomic mass is 32.2. The molecule has 0 aliphatic heterocycles. The zero-order valence-corrected chi connectivity index (χ0v) is 17.6. The predicted octanol–water partition coefficient (Wildman–Crippen LogP) is 1.55. The third-order valence-electron chi connectivity index (χ3n) is 4.38. The van der Waals surface area contributed by atoms with Crippen molar-refractivity contribution in [2.75, 3.05) is 13.6 Å². The van der Waals surface area contributed by atoms with E-state index in [-0.39, 0.29) is 35.4 Å². The lowest BCUT2D eigenvalue weighted by Gasteiger charge is -2.21. The van der Waals surface area contributed by atoms with Gasteiger partial charge in [-0.05, 0) is 49.7 Å². The van der Waals surface area contributed by atoms with E-state index < -0.39 is 15.9 Å². The number of nitrogens with zero attached hydrogens (tertiary/aromatic N) is 2. The molecule has 29 heavy (non-hydrogen) atoms. The minimum atomic E-state index is -3.68. The minimum absolute atomic E-state index is 0.0523. The van der Waals surface area contributed by atoms with Gasteiger partial charge in [-0.2, -0.15) is 4.31 Å². The first kappa shape index (κ1) is 22.5. The van der Waals surface area contributed by atoms with Gasteiger partial charge in [0.1, 0.15) is 0 Å². The highest BCUT2D eigenvalue weighted by molar-refractivity contribution is 7.89. The summed E-state index contributed by atoms with van der Waals surface area (Å²) in [5.41, 5.74) is 1.15. The van der Waals surface area contributed by atoms with E-state index in [1.165, 1.54) is 35.6 Å². The third kappa shape index (κ3) is 6.37. The largest absolute Gasteiger partial charge is 0.352 e. The molecule has 2 amide bonds. The molecule has 0 saturated carbocycles. The van der Waals surface area contributed by atoms with Gasteiger partial charge < -0.3 is 10.6 Å². The molecule has 0 saturated heterocycles. The number of benzene rings is 1. The fraction of sp³-hybridized carbons (Fsp3) is 0.350. The van der Waals surface area contributed by atoms with Crippen LogP contribution in [0.3, 0.4) is 0 Å². The molecule has 0 spiro atoms. The second kappa shape index (κ2) is 10.1. The summed E-state index contributed by atoms with van der Waals surface area (Å²) in [4.78, 5) is 28.2. The van der Waals surface area contributed by atoms with E-state index >= 15 is 0 Å². The van der Waals surface area contributed by atoms with Crippen LogP contribution in [0, 0.1) is 0 Å². The lowest BCUT2D eigenvalue weighted by molar-refractivity contribution is -0.121. The van der Waals surface area contributed by atoms with Gasteiger partial charge in [-0.25, -0.2) is 8.42 Å². The SMILES string of the molecule is CC(C)N(C)S(=O)(=O)c1cccc(C(=O)NCCC(=O)NCc2ccncc2)c1. The number of amides is 2. The Labute approximate surface area is 171 Å². The molecule has 1 heterocycles. The van der Waals surface area contributed by atoms with Gasteiger partial charge in [0, 0.05) is 50.6 Å². The predicted molar refractivity (Wildman–Crippen MR) is 110 cm³/mol. The van der Waals surface area contributed by atoms with Crippen LogP contribution in [0.1, 0.15) is 36.2 Å². The van der Waals surface area contributed by atoms with E-state index in [4.69, 9.17) is 0 Å². The molecular formula is C20H26N4O4S. The van der Waals surface area contributed by atoms with Crippen LogP contribution in [0.2, 0.25) is 0 Å². The zero-order valence-electron chi connectivity index (χ0n) is 16.8. The van der Waals surface area contributed by atoms with Crippen molar-refractivity contribution in [2.45, 2.75) is 37.8 Å². The van der Waals surface area contributed by atoms with Crippen molar-refractivity contribution in [1.29, 1.82) is 0 Å². The smallest absolute Gasteiger partial charge is 0.251 e. The van der Waals surface area contributed by atoms with Crippen molar-refractivity contribution in [2.24, 2.45) is 0 Å². The Bertz CT molecular complexity index is 946. The first-order chi connectivity index (χ1) is 13.7. The number of carbonyl (C=O) groups is 2. The Balaban J connectivity index is 1.89. The van der Waals surface area contributed by atoms with E-state index in [1.54, 1.807) is 38.4 Å². The number of hydrogen-bond donors (Lipinski definition) is 2. The van der Waals surface area contributed by atoms with Gasteiger partial charge in [0.25, 0.3) is 5.91 Å². The summed E-state index contributed by atoms with van der Waals surface area (Å²) in [6, 6.07) is 9.26. The van der Waals surface area contributed by atoms with Gasteiger partial charge in [-0.1, -0.05) is 6.07 Å². The lowest BCUT2D eigenvalue weighted by Crippen LogP contribution is -2.33. The summed E-state index contributed by atoms with van der Waals surface area (Å²) in [6.07, 6.45) is 3.41. The van der Waals surface area contributed by atoms with Crippen LogP contribution in [0.25, 0.3) is 0 Å². The molecule has 0 fully saturated rings. The molecule has 0 aliphatic carbocycles. The van der Waals surface area contributed by atoms with Gasteiger partial charge in [0.15, 0.2) is 0 Å². The van der Waals surface area contributed by atoms with Crippen molar-refractivity contribution in [3.8, 4) is 0 Å². The summed E-state index contributed by atoms with van der Waals surface area (Å²) in [5.74, 6) is -0.631. The number of pyridine rings is 1. The summed E-state index contributed by atoms with van der Waals surface area (Å²) >= 11 is 0. The summed E-state index contributed by atoms with van der Waals surface area (Å²) in [6.45, 7) is 4.07. The van der Waals surface area contributed by atoms with Gasteiger partial charge in [-0.15, -0.1) is 0 Å². The van der Waals surface area contributed by atoms with Crippen LogP contribution in [0.15, 0.2) is 53.7 Å². The molecule has 9 heteroatoms. The van der Waals surface area contributed by atoms with Gasteiger partial charge in [0.2, 0.25) is 15.9 Å². The van der Waals surface area contributed by atoms with E-state index in [0.717, 1.165) is 5.56 Å². The fourth-order valence-electron chi connectivity index (χ4n) is 2.42. The quantitative estimate of drug-likeness (QED) is 0.642. The maximum absolute atomic E-state index is 12.6. The first-order valence-electron chi connectivity index (χ1n) is 9.23. The molecule has 156 valence electrons.